The predicted molar refractivity (Wildman–Crippen MR) is 107 cm³/mol. The number of thiocarbonyl (C=S) groups is 1. The van der Waals surface area contributed by atoms with E-state index in [9.17, 15) is 13.2 Å². The number of hydrogen-bond acceptors (Lipinski definition) is 3. The van der Waals surface area contributed by atoms with Crippen molar-refractivity contribution < 1.29 is 17.9 Å². The first-order valence-corrected chi connectivity index (χ1v) is 9.03. The molecule has 1 saturated heterocycles. The van der Waals surface area contributed by atoms with Crippen LogP contribution in [0, 0.1) is 0 Å². The van der Waals surface area contributed by atoms with Crippen LogP contribution < -0.4 is 10.2 Å². The molecule has 0 amide bonds. The normalized spacial score (nSPS) is 22.0. The topological polar surface area (TPSA) is 36.9 Å². The average Bonchev–Trinajstić information content (AvgIpc) is 2.60. The van der Waals surface area contributed by atoms with E-state index in [1.54, 1.807) is 57.2 Å². The number of halogens is 3. The maximum Gasteiger partial charge on any atom is 0.453 e. The van der Waals surface area contributed by atoms with Gasteiger partial charge in [0.15, 0.2) is 5.11 Å². The van der Waals surface area contributed by atoms with E-state index >= 15 is 0 Å². The van der Waals surface area contributed by atoms with Gasteiger partial charge in [0.25, 0.3) is 0 Å². The van der Waals surface area contributed by atoms with Crippen LogP contribution in [0.15, 0.2) is 65.7 Å². The van der Waals surface area contributed by atoms with Gasteiger partial charge in [0.2, 0.25) is 0 Å². The highest BCUT2D eigenvalue weighted by molar-refractivity contribution is 7.80. The van der Waals surface area contributed by atoms with Crippen molar-refractivity contribution in [3.63, 3.8) is 0 Å². The standard InChI is InChI=1S/C20H20F3N3OS/c1-18(2,3)24-16-26(15-12-8-5-9-13-15)17(28)25-19(27-16,20(21,22)23)14-10-6-4-7-11-14/h4-13H,1-3H3,(H,25,28). The molecule has 0 bridgehead atoms. The zero-order chi connectivity index (χ0) is 20.6. The maximum absolute atomic E-state index is 14.3. The molecule has 4 nitrogen and oxygen atoms in total. The second-order valence-electron chi connectivity index (χ2n) is 7.31. The molecule has 1 heterocycles. The van der Waals surface area contributed by atoms with E-state index in [-0.39, 0.29) is 16.7 Å². The van der Waals surface area contributed by atoms with Crippen LogP contribution in [-0.4, -0.2) is 22.8 Å². The third-order valence-corrected chi connectivity index (χ3v) is 4.23. The van der Waals surface area contributed by atoms with E-state index in [0.717, 1.165) is 0 Å². The number of hydrogen-bond donors (Lipinski definition) is 1. The first-order chi connectivity index (χ1) is 13.0. The minimum Gasteiger partial charge on any atom is -0.423 e. The predicted octanol–water partition coefficient (Wildman–Crippen LogP) is 4.97. The monoisotopic (exact) mass is 407 g/mol. The molecule has 0 saturated carbocycles. The molecular weight excluding hydrogens is 387 g/mol. The quantitative estimate of drug-likeness (QED) is 0.714. The summed E-state index contributed by atoms with van der Waals surface area (Å²) in [4.78, 5) is 5.77. The average molecular weight is 407 g/mol. The summed E-state index contributed by atoms with van der Waals surface area (Å²) in [5, 5.41) is 2.23. The van der Waals surface area contributed by atoms with Crippen LogP contribution in [0.5, 0.6) is 0 Å². The third-order valence-electron chi connectivity index (χ3n) is 3.95. The Labute approximate surface area is 167 Å². The number of benzene rings is 2. The summed E-state index contributed by atoms with van der Waals surface area (Å²) in [6, 6.07) is 15.9. The molecule has 2 aromatic carbocycles. The van der Waals surface area contributed by atoms with Crippen LogP contribution in [0.3, 0.4) is 0 Å². The first-order valence-electron chi connectivity index (χ1n) is 8.62. The third kappa shape index (κ3) is 3.82. The summed E-state index contributed by atoms with van der Waals surface area (Å²) in [7, 11) is 0. The number of amidine groups is 1. The first kappa shape index (κ1) is 20.1. The molecular formula is C20H20F3N3OS. The van der Waals surface area contributed by atoms with Gasteiger partial charge < -0.3 is 10.1 Å². The van der Waals surface area contributed by atoms with Gasteiger partial charge in [0.05, 0.1) is 11.2 Å². The van der Waals surface area contributed by atoms with Crippen molar-refractivity contribution in [2.24, 2.45) is 4.99 Å². The number of aliphatic imine (C=N–C) groups is 1. The van der Waals surface area contributed by atoms with Crippen LogP contribution in [0.4, 0.5) is 18.9 Å². The number of alkyl halides is 3. The lowest BCUT2D eigenvalue weighted by Crippen LogP contribution is -2.68. The molecule has 1 aliphatic heterocycles. The van der Waals surface area contributed by atoms with Crippen molar-refractivity contribution in [3.8, 4) is 0 Å². The highest BCUT2D eigenvalue weighted by Gasteiger charge is 2.63. The fourth-order valence-electron chi connectivity index (χ4n) is 2.76. The molecule has 3 rings (SSSR count). The van der Waals surface area contributed by atoms with Crippen molar-refractivity contribution in [3.05, 3.63) is 66.2 Å². The Bertz CT molecular complexity index is 879. The molecule has 0 aromatic heterocycles. The van der Waals surface area contributed by atoms with Gasteiger partial charge in [-0.2, -0.15) is 13.2 Å². The summed E-state index contributed by atoms with van der Waals surface area (Å²) in [6.45, 7) is 5.32. The molecule has 1 N–H and O–H groups in total. The molecule has 0 spiro atoms. The van der Waals surface area contributed by atoms with E-state index in [2.05, 4.69) is 10.3 Å². The summed E-state index contributed by atoms with van der Waals surface area (Å²) >= 11 is 5.35. The number of para-hydroxylation sites is 1. The van der Waals surface area contributed by atoms with E-state index in [1.165, 1.54) is 29.2 Å². The summed E-state index contributed by atoms with van der Waals surface area (Å²) in [5.41, 5.74) is -3.09. The second-order valence-corrected chi connectivity index (χ2v) is 7.70. The second kappa shape index (κ2) is 7.09. The molecule has 0 radical (unpaired) electrons. The van der Waals surface area contributed by atoms with Crippen molar-refractivity contribution in [2.45, 2.75) is 38.2 Å². The zero-order valence-electron chi connectivity index (χ0n) is 15.6. The number of nitrogens with one attached hydrogen (secondary N) is 1. The zero-order valence-corrected chi connectivity index (χ0v) is 16.4. The summed E-state index contributed by atoms with van der Waals surface area (Å²) in [6.07, 6.45) is -4.79. The molecule has 1 fully saturated rings. The maximum atomic E-state index is 14.3. The highest BCUT2D eigenvalue weighted by Crippen LogP contribution is 2.43. The van der Waals surface area contributed by atoms with Crippen molar-refractivity contribution >= 4 is 29.0 Å². The van der Waals surface area contributed by atoms with Crippen LogP contribution in [0.2, 0.25) is 0 Å². The fourth-order valence-corrected chi connectivity index (χ4v) is 3.09. The molecule has 148 valence electrons. The Kier molecular flexibility index (Phi) is 5.10. The Morgan fingerprint density at radius 2 is 1.50 bits per heavy atom. The van der Waals surface area contributed by atoms with Crippen molar-refractivity contribution in [1.29, 1.82) is 0 Å². The smallest absolute Gasteiger partial charge is 0.423 e. The Morgan fingerprint density at radius 3 is 2.00 bits per heavy atom. The van der Waals surface area contributed by atoms with Gasteiger partial charge in [-0.3, -0.25) is 0 Å². The number of rotatable bonds is 2. The molecule has 8 heteroatoms. The largest absolute Gasteiger partial charge is 0.453 e. The number of anilines is 1. The number of nitrogens with zero attached hydrogens (tertiary/aromatic N) is 2. The minimum atomic E-state index is -4.79. The minimum absolute atomic E-state index is 0.112. The van der Waals surface area contributed by atoms with Gasteiger partial charge in [-0.1, -0.05) is 48.5 Å². The summed E-state index contributed by atoms with van der Waals surface area (Å²) in [5.74, 6) is 0. The molecule has 28 heavy (non-hydrogen) atoms. The van der Waals surface area contributed by atoms with Gasteiger partial charge in [0, 0.05) is 5.56 Å². The van der Waals surface area contributed by atoms with Crippen molar-refractivity contribution in [2.75, 3.05) is 4.90 Å². The fraction of sp³-hybridized carbons (Fsp3) is 0.300. The SMILES string of the molecule is CC(C)(C)N=C1OC(c2ccccc2)(C(F)(F)F)NC(=S)N1c1ccccc1. The van der Waals surface area contributed by atoms with Gasteiger partial charge in [0.1, 0.15) is 0 Å². The van der Waals surface area contributed by atoms with Crippen LogP contribution >= 0.6 is 12.2 Å². The molecule has 1 unspecified atom stereocenters. The molecule has 2 aromatic rings. The van der Waals surface area contributed by atoms with Crippen molar-refractivity contribution in [1.82, 2.24) is 5.32 Å². The van der Waals surface area contributed by atoms with Crippen LogP contribution in [-0.2, 0) is 10.5 Å². The molecule has 1 atom stereocenters. The van der Waals surface area contributed by atoms with Gasteiger partial charge in [-0.25, -0.2) is 9.89 Å². The van der Waals surface area contributed by atoms with Gasteiger partial charge in [-0.15, -0.1) is 0 Å². The van der Waals surface area contributed by atoms with E-state index in [4.69, 9.17) is 17.0 Å². The Morgan fingerprint density at radius 1 is 0.964 bits per heavy atom. The van der Waals surface area contributed by atoms with E-state index in [1.807, 2.05) is 0 Å². The van der Waals surface area contributed by atoms with Crippen LogP contribution in [0.25, 0.3) is 0 Å². The molecule has 0 aliphatic carbocycles. The lowest BCUT2D eigenvalue weighted by molar-refractivity contribution is -0.268. The van der Waals surface area contributed by atoms with Gasteiger partial charge >= 0.3 is 17.9 Å². The Balaban J connectivity index is 2.18. The molecule has 1 aliphatic rings. The summed E-state index contributed by atoms with van der Waals surface area (Å²) < 4.78 is 48.4. The van der Waals surface area contributed by atoms with E-state index in [0.29, 0.717) is 5.69 Å². The Hall–Kier alpha value is -2.61. The highest BCUT2D eigenvalue weighted by atomic mass is 32.1. The lowest BCUT2D eigenvalue weighted by atomic mass is 10.0. The van der Waals surface area contributed by atoms with Gasteiger partial charge in [-0.05, 0) is 45.1 Å². The lowest BCUT2D eigenvalue weighted by Gasteiger charge is -2.45. The number of ether oxygens (including phenoxy) is 1. The van der Waals surface area contributed by atoms with Crippen LogP contribution in [0.1, 0.15) is 26.3 Å². The van der Waals surface area contributed by atoms with E-state index < -0.39 is 17.4 Å².